The third-order valence-electron chi connectivity index (χ3n) is 4.06. The number of nitrogens with zero attached hydrogens (tertiary/aromatic N) is 1. The first kappa shape index (κ1) is 14.4. The molecule has 1 heterocycles. The highest BCUT2D eigenvalue weighted by molar-refractivity contribution is 5.35. The van der Waals surface area contributed by atoms with E-state index < -0.39 is 0 Å². The van der Waals surface area contributed by atoms with Gasteiger partial charge in [0.25, 0.3) is 0 Å². The van der Waals surface area contributed by atoms with Gasteiger partial charge in [-0.1, -0.05) is 31.5 Å². The largest absolute Gasteiger partial charge is 0.496 e. The molecule has 3 heteroatoms. The van der Waals surface area contributed by atoms with Crippen molar-refractivity contribution in [2.45, 2.75) is 32.2 Å². The Labute approximate surface area is 116 Å². The average Bonchev–Trinajstić information content (AvgIpc) is 2.86. The fourth-order valence-electron chi connectivity index (χ4n) is 3.07. The maximum atomic E-state index is 6.35. The van der Waals surface area contributed by atoms with Crippen molar-refractivity contribution in [1.29, 1.82) is 0 Å². The molecular weight excluding hydrogens is 236 g/mol. The zero-order valence-corrected chi connectivity index (χ0v) is 12.1. The molecule has 2 rings (SSSR count). The summed E-state index contributed by atoms with van der Waals surface area (Å²) in [6.45, 7) is 5.59. The fourth-order valence-corrected chi connectivity index (χ4v) is 3.07. The lowest BCUT2D eigenvalue weighted by molar-refractivity contribution is 0.297. The van der Waals surface area contributed by atoms with E-state index in [2.05, 4.69) is 17.9 Å². The second kappa shape index (κ2) is 6.92. The van der Waals surface area contributed by atoms with Gasteiger partial charge >= 0.3 is 0 Å². The molecule has 2 atom stereocenters. The van der Waals surface area contributed by atoms with Crippen molar-refractivity contribution in [3.63, 3.8) is 0 Å². The monoisotopic (exact) mass is 262 g/mol. The molecule has 0 aromatic heterocycles. The van der Waals surface area contributed by atoms with Gasteiger partial charge in [0.1, 0.15) is 5.75 Å². The van der Waals surface area contributed by atoms with Crippen molar-refractivity contribution >= 4 is 0 Å². The molecule has 1 fully saturated rings. The molecule has 0 bridgehead atoms. The smallest absolute Gasteiger partial charge is 0.123 e. The Bertz CT molecular complexity index is 394. The molecule has 0 amide bonds. The van der Waals surface area contributed by atoms with Crippen molar-refractivity contribution < 1.29 is 4.74 Å². The maximum Gasteiger partial charge on any atom is 0.123 e. The Kier molecular flexibility index (Phi) is 5.23. The van der Waals surface area contributed by atoms with E-state index in [4.69, 9.17) is 10.5 Å². The minimum Gasteiger partial charge on any atom is -0.496 e. The number of rotatable bonds is 6. The molecule has 3 nitrogen and oxygen atoms in total. The Morgan fingerprint density at radius 1 is 1.42 bits per heavy atom. The van der Waals surface area contributed by atoms with Crippen LogP contribution in [0, 0.1) is 5.92 Å². The first-order chi connectivity index (χ1) is 9.24. The summed E-state index contributed by atoms with van der Waals surface area (Å²) in [7, 11) is 1.71. The second-order valence-corrected chi connectivity index (χ2v) is 5.55. The zero-order valence-electron chi connectivity index (χ0n) is 12.1. The van der Waals surface area contributed by atoms with Crippen LogP contribution in [0.2, 0.25) is 0 Å². The standard InChI is InChI=1S/C16H26N2O/c1-3-6-13-9-10-18(11-13)12-15(17)14-7-4-5-8-16(14)19-2/h4-5,7-8,13,15H,3,6,9-12,17H2,1-2H3. The summed E-state index contributed by atoms with van der Waals surface area (Å²) >= 11 is 0. The van der Waals surface area contributed by atoms with E-state index >= 15 is 0 Å². The van der Waals surface area contributed by atoms with E-state index in [-0.39, 0.29) is 6.04 Å². The fraction of sp³-hybridized carbons (Fsp3) is 0.625. The quantitative estimate of drug-likeness (QED) is 0.856. The number of methoxy groups -OCH3 is 1. The molecule has 1 saturated heterocycles. The van der Waals surface area contributed by atoms with Gasteiger partial charge in [-0.2, -0.15) is 0 Å². The predicted molar refractivity (Wildman–Crippen MR) is 79.4 cm³/mol. The van der Waals surface area contributed by atoms with Crippen molar-refractivity contribution in [2.24, 2.45) is 11.7 Å². The summed E-state index contributed by atoms with van der Waals surface area (Å²) in [5.41, 5.74) is 7.46. The number of hydrogen-bond donors (Lipinski definition) is 1. The SMILES string of the molecule is CCCC1CCN(CC(N)c2ccccc2OC)C1. The van der Waals surface area contributed by atoms with E-state index in [0.29, 0.717) is 0 Å². The van der Waals surface area contributed by atoms with Crippen LogP contribution < -0.4 is 10.5 Å². The van der Waals surface area contributed by atoms with E-state index in [1.165, 1.54) is 32.4 Å². The number of para-hydroxylation sites is 1. The van der Waals surface area contributed by atoms with Gasteiger partial charge in [0.15, 0.2) is 0 Å². The van der Waals surface area contributed by atoms with Crippen molar-refractivity contribution in [1.82, 2.24) is 4.90 Å². The maximum absolute atomic E-state index is 6.35. The van der Waals surface area contributed by atoms with Crippen LogP contribution in [0.1, 0.15) is 37.8 Å². The summed E-state index contributed by atoms with van der Waals surface area (Å²) in [5.74, 6) is 1.77. The Hall–Kier alpha value is -1.06. The summed E-state index contributed by atoms with van der Waals surface area (Å²) in [4.78, 5) is 2.50. The van der Waals surface area contributed by atoms with Crippen LogP contribution in [0.3, 0.4) is 0 Å². The highest BCUT2D eigenvalue weighted by Gasteiger charge is 2.24. The third kappa shape index (κ3) is 3.71. The Balaban J connectivity index is 1.92. The Morgan fingerprint density at radius 3 is 2.95 bits per heavy atom. The molecule has 1 aromatic rings. The van der Waals surface area contributed by atoms with Crippen LogP contribution in [0.25, 0.3) is 0 Å². The third-order valence-corrected chi connectivity index (χ3v) is 4.06. The molecule has 1 aliphatic rings. The van der Waals surface area contributed by atoms with Gasteiger partial charge < -0.3 is 15.4 Å². The molecule has 0 aliphatic carbocycles. The first-order valence-electron chi connectivity index (χ1n) is 7.35. The van der Waals surface area contributed by atoms with E-state index in [9.17, 15) is 0 Å². The van der Waals surface area contributed by atoms with E-state index in [1.54, 1.807) is 7.11 Å². The first-order valence-corrected chi connectivity index (χ1v) is 7.35. The van der Waals surface area contributed by atoms with Gasteiger partial charge in [-0.25, -0.2) is 0 Å². The number of hydrogen-bond acceptors (Lipinski definition) is 3. The summed E-state index contributed by atoms with van der Waals surface area (Å²) in [6.07, 6.45) is 3.96. The highest BCUT2D eigenvalue weighted by Crippen LogP contribution is 2.26. The minimum absolute atomic E-state index is 0.0385. The van der Waals surface area contributed by atoms with Gasteiger partial charge in [-0.3, -0.25) is 0 Å². The van der Waals surface area contributed by atoms with Crippen LogP contribution in [-0.2, 0) is 0 Å². The zero-order chi connectivity index (χ0) is 13.7. The lowest BCUT2D eigenvalue weighted by Gasteiger charge is -2.22. The van der Waals surface area contributed by atoms with Crippen molar-refractivity contribution in [2.75, 3.05) is 26.7 Å². The second-order valence-electron chi connectivity index (χ2n) is 5.55. The van der Waals surface area contributed by atoms with Gasteiger partial charge in [0, 0.05) is 24.7 Å². The van der Waals surface area contributed by atoms with Crippen LogP contribution in [0.4, 0.5) is 0 Å². The number of ether oxygens (including phenoxy) is 1. The molecule has 1 aromatic carbocycles. The van der Waals surface area contributed by atoms with E-state index in [0.717, 1.165) is 23.8 Å². The van der Waals surface area contributed by atoms with Crippen LogP contribution in [0.15, 0.2) is 24.3 Å². The topological polar surface area (TPSA) is 38.5 Å². The normalized spacial score (nSPS) is 21.5. The number of nitrogens with two attached hydrogens (primary N) is 1. The number of benzene rings is 1. The summed E-state index contributed by atoms with van der Waals surface area (Å²) in [5, 5.41) is 0. The molecule has 106 valence electrons. The summed E-state index contributed by atoms with van der Waals surface area (Å²) < 4.78 is 5.39. The molecule has 19 heavy (non-hydrogen) atoms. The lowest BCUT2D eigenvalue weighted by Crippen LogP contribution is -2.30. The molecule has 2 unspecified atom stereocenters. The van der Waals surface area contributed by atoms with Gasteiger partial charge in [0.2, 0.25) is 0 Å². The average molecular weight is 262 g/mol. The van der Waals surface area contributed by atoms with Crippen LogP contribution >= 0.6 is 0 Å². The van der Waals surface area contributed by atoms with Gasteiger partial charge in [-0.15, -0.1) is 0 Å². The van der Waals surface area contributed by atoms with Crippen molar-refractivity contribution in [3.05, 3.63) is 29.8 Å². The van der Waals surface area contributed by atoms with Crippen molar-refractivity contribution in [3.8, 4) is 5.75 Å². The summed E-state index contributed by atoms with van der Waals surface area (Å²) in [6, 6.07) is 8.11. The van der Waals surface area contributed by atoms with E-state index in [1.807, 2.05) is 18.2 Å². The predicted octanol–water partition coefficient (Wildman–Crippen LogP) is 2.82. The van der Waals surface area contributed by atoms with Crippen LogP contribution in [-0.4, -0.2) is 31.6 Å². The Morgan fingerprint density at radius 2 is 2.21 bits per heavy atom. The molecule has 0 spiro atoms. The highest BCUT2D eigenvalue weighted by atomic mass is 16.5. The molecular formula is C16H26N2O. The molecule has 1 aliphatic heterocycles. The minimum atomic E-state index is 0.0385. The van der Waals surface area contributed by atoms with Gasteiger partial charge in [0.05, 0.1) is 7.11 Å². The van der Waals surface area contributed by atoms with Crippen LogP contribution in [0.5, 0.6) is 5.75 Å². The lowest BCUT2D eigenvalue weighted by atomic mass is 10.0. The molecule has 0 saturated carbocycles. The number of likely N-dealkylation sites (tertiary alicyclic amines) is 1. The molecule has 2 N–H and O–H groups in total. The molecule has 0 radical (unpaired) electrons. The van der Waals surface area contributed by atoms with Gasteiger partial charge in [-0.05, 0) is 31.4 Å².